The summed E-state index contributed by atoms with van der Waals surface area (Å²) >= 11 is 0. The van der Waals surface area contributed by atoms with Gasteiger partial charge < -0.3 is 5.32 Å². The Kier molecular flexibility index (Phi) is 4.33. The summed E-state index contributed by atoms with van der Waals surface area (Å²) in [7, 11) is 1.63. The number of carbonyl (C=O) groups excluding carboxylic acids is 1. The van der Waals surface area contributed by atoms with E-state index in [0.29, 0.717) is 17.8 Å². The maximum Gasteiger partial charge on any atom is 0.272 e. The highest BCUT2D eigenvalue weighted by Crippen LogP contribution is 2.22. The fraction of sp³-hybridized carbons (Fsp3) is 0.118. The molecule has 3 rings (SSSR count). The number of aromatic nitrogens is 3. The van der Waals surface area contributed by atoms with Gasteiger partial charge in [0.2, 0.25) is 0 Å². The number of benzene rings is 1. The normalized spacial score (nSPS) is 10.6. The minimum absolute atomic E-state index is 0.195. The van der Waals surface area contributed by atoms with Crippen LogP contribution in [0.4, 0.5) is 8.78 Å². The Bertz CT molecular complexity index is 878. The third kappa shape index (κ3) is 3.29. The Morgan fingerprint density at radius 3 is 2.75 bits per heavy atom. The van der Waals surface area contributed by atoms with E-state index >= 15 is 0 Å². The first-order chi connectivity index (χ1) is 11.5. The molecular weight excluding hydrogens is 314 g/mol. The zero-order valence-electron chi connectivity index (χ0n) is 12.8. The topological polar surface area (TPSA) is 59.8 Å². The van der Waals surface area contributed by atoms with Gasteiger partial charge >= 0.3 is 0 Å². The van der Waals surface area contributed by atoms with Crippen molar-refractivity contribution in [3.8, 4) is 11.3 Å². The van der Waals surface area contributed by atoms with Gasteiger partial charge in [0.25, 0.3) is 5.91 Å². The standard InChI is InChI=1S/C17H14F2N4O/c1-23-16(12-4-5-13(18)14(19)7-12)8-15(22-23)17(24)21-10-11-3-2-6-20-9-11/h2-9H,10H2,1H3,(H,21,24). The third-order valence-corrected chi connectivity index (χ3v) is 3.50. The smallest absolute Gasteiger partial charge is 0.272 e. The summed E-state index contributed by atoms with van der Waals surface area (Å²) < 4.78 is 27.9. The predicted octanol–water partition coefficient (Wildman–Crippen LogP) is 2.69. The fourth-order valence-corrected chi connectivity index (χ4v) is 2.28. The van der Waals surface area contributed by atoms with E-state index in [-0.39, 0.29) is 11.6 Å². The molecule has 0 bridgehead atoms. The molecule has 0 atom stereocenters. The zero-order chi connectivity index (χ0) is 17.1. The lowest BCUT2D eigenvalue weighted by molar-refractivity contribution is 0.0945. The van der Waals surface area contributed by atoms with Crippen molar-refractivity contribution in [2.24, 2.45) is 7.05 Å². The van der Waals surface area contributed by atoms with E-state index < -0.39 is 11.6 Å². The summed E-state index contributed by atoms with van der Waals surface area (Å²) in [4.78, 5) is 16.2. The number of amides is 1. The zero-order valence-corrected chi connectivity index (χ0v) is 12.8. The van der Waals surface area contributed by atoms with Crippen LogP contribution in [0.25, 0.3) is 11.3 Å². The third-order valence-electron chi connectivity index (χ3n) is 3.50. The van der Waals surface area contributed by atoms with E-state index in [0.717, 1.165) is 17.7 Å². The Morgan fingerprint density at radius 1 is 1.21 bits per heavy atom. The summed E-state index contributed by atoms with van der Waals surface area (Å²) in [6, 6.07) is 8.71. The van der Waals surface area contributed by atoms with Gasteiger partial charge in [0.1, 0.15) is 0 Å². The molecule has 2 aromatic heterocycles. The molecule has 0 unspecified atom stereocenters. The van der Waals surface area contributed by atoms with Crippen LogP contribution in [0.1, 0.15) is 16.1 Å². The quantitative estimate of drug-likeness (QED) is 0.801. The number of hydrogen-bond acceptors (Lipinski definition) is 3. The van der Waals surface area contributed by atoms with Crippen LogP contribution in [0.3, 0.4) is 0 Å². The highest BCUT2D eigenvalue weighted by Gasteiger charge is 2.15. The first-order valence-electron chi connectivity index (χ1n) is 7.21. The van der Waals surface area contributed by atoms with Crippen molar-refractivity contribution in [1.82, 2.24) is 20.1 Å². The van der Waals surface area contributed by atoms with E-state index in [1.807, 2.05) is 6.07 Å². The van der Waals surface area contributed by atoms with Crippen molar-refractivity contribution in [2.75, 3.05) is 0 Å². The molecule has 0 spiro atoms. The molecule has 0 aliphatic rings. The molecule has 1 aromatic carbocycles. The molecule has 122 valence electrons. The SMILES string of the molecule is Cn1nc(C(=O)NCc2cccnc2)cc1-c1ccc(F)c(F)c1. The van der Waals surface area contributed by atoms with Crippen molar-refractivity contribution in [3.63, 3.8) is 0 Å². The van der Waals surface area contributed by atoms with Gasteiger partial charge in [0.05, 0.1) is 5.69 Å². The molecule has 0 saturated carbocycles. The first kappa shape index (κ1) is 15.8. The van der Waals surface area contributed by atoms with E-state index in [2.05, 4.69) is 15.4 Å². The summed E-state index contributed by atoms with van der Waals surface area (Å²) in [6.45, 7) is 0.323. The van der Waals surface area contributed by atoms with Crippen LogP contribution in [-0.2, 0) is 13.6 Å². The lowest BCUT2D eigenvalue weighted by atomic mass is 10.1. The first-order valence-corrected chi connectivity index (χ1v) is 7.21. The highest BCUT2D eigenvalue weighted by atomic mass is 19.2. The van der Waals surface area contributed by atoms with Crippen LogP contribution in [0, 0.1) is 11.6 Å². The van der Waals surface area contributed by atoms with Crippen molar-refractivity contribution >= 4 is 5.91 Å². The molecule has 5 nitrogen and oxygen atoms in total. The number of rotatable bonds is 4. The van der Waals surface area contributed by atoms with Gasteiger partial charge in [-0.25, -0.2) is 8.78 Å². The molecule has 0 aliphatic carbocycles. The maximum atomic E-state index is 13.4. The molecule has 3 aromatic rings. The number of aryl methyl sites for hydroxylation is 1. The van der Waals surface area contributed by atoms with Gasteiger partial charge in [-0.15, -0.1) is 0 Å². The highest BCUT2D eigenvalue weighted by molar-refractivity contribution is 5.93. The Balaban J connectivity index is 1.78. The van der Waals surface area contributed by atoms with Crippen molar-refractivity contribution in [1.29, 1.82) is 0 Å². The minimum atomic E-state index is -0.948. The van der Waals surface area contributed by atoms with Gasteiger partial charge in [0.15, 0.2) is 17.3 Å². The predicted molar refractivity (Wildman–Crippen MR) is 84.0 cm³/mol. The van der Waals surface area contributed by atoms with E-state index in [1.165, 1.54) is 16.8 Å². The van der Waals surface area contributed by atoms with Crippen LogP contribution in [0.5, 0.6) is 0 Å². The van der Waals surface area contributed by atoms with Gasteiger partial charge in [-0.1, -0.05) is 6.07 Å². The van der Waals surface area contributed by atoms with Crippen molar-refractivity contribution in [3.05, 3.63) is 71.7 Å². The van der Waals surface area contributed by atoms with Gasteiger partial charge in [-0.05, 0) is 35.9 Å². The summed E-state index contributed by atoms with van der Waals surface area (Å²) in [6.07, 6.45) is 3.31. The largest absolute Gasteiger partial charge is 0.347 e. The van der Waals surface area contributed by atoms with Gasteiger partial charge in [0, 0.05) is 31.5 Å². The molecule has 0 radical (unpaired) electrons. The van der Waals surface area contributed by atoms with Gasteiger partial charge in [-0.3, -0.25) is 14.5 Å². The second-order valence-electron chi connectivity index (χ2n) is 5.21. The molecule has 7 heteroatoms. The minimum Gasteiger partial charge on any atom is -0.347 e. The van der Waals surface area contributed by atoms with Gasteiger partial charge in [-0.2, -0.15) is 5.10 Å². The molecule has 0 aliphatic heterocycles. The van der Waals surface area contributed by atoms with Crippen LogP contribution in [-0.4, -0.2) is 20.7 Å². The van der Waals surface area contributed by atoms with Crippen LogP contribution >= 0.6 is 0 Å². The molecule has 2 heterocycles. The maximum absolute atomic E-state index is 13.4. The number of halogens is 2. The Hall–Kier alpha value is -3.09. The summed E-state index contributed by atoms with van der Waals surface area (Å²) in [5.74, 6) is -2.23. The van der Waals surface area contributed by atoms with Crippen LogP contribution in [0.2, 0.25) is 0 Å². The second-order valence-corrected chi connectivity index (χ2v) is 5.21. The van der Waals surface area contributed by atoms with Crippen LogP contribution in [0.15, 0.2) is 48.8 Å². The average Bonchev–Trinajstić information content (AvgIpc) is 2.98. The lowest BCUT2D eigenvalue weighted by Gasteiger charge is -2.02. The number of nitrogens with one attached hydrogen (secondary N) is 1. The van der Waals surface area contributed by atoms with Crippen molar-refractivity contribution < 1.29 is 13.6 Å². The van der Waals surface area contributed by atoms with Crippen LogP contribution < -0.4 is 5.32 Å². The Morgan fingerprint density at radius 2 is 2.04 bits per heavy atom. The number of nitrogens with zero attached hydrogens (tertiary/aromatic N) is 3. The van der Waals surface area contributed by atoms with E-state index in [1.54, 1.807) is 25.5 Å². The lowest BCUT2D eigenvalue weighted by Crippen LogP contribution is -2.23. The molecule has 24 heavy (non-hydrogen) atoms. The number of carbonyl (C=O) groups is 1. The molecular formula is C17H14F2N4O. The monoisotopic (exact) mass is 328 g/mol. The molecule has 0 saturated heterocycles. The Labute approximate surface area is 137 Å². The molecule has 0 fully saturated rings. The average molecular weight is 328 g/mol. The number of pyridine rings is 1. The summed E-state index contributed by atoms with van der Waals surface area (Å²) in [5, 5.41) is 6.86. The fourth-order valence-electron chi connectivity index (χ4n) is 2.28. The van der Waals surface area contributed by atoms with Crippen molar-refractivity contribution in [2.45, 2.75) is 6.54 Å². The molecule has 1 amide bonds. The summed E-state index contributed by atoms with van der Waals surface area (Å²) in [5.41, 5.74) is 2.01. The van der Waals surface area contributed by atoms with E-state index in [4.69, 9.17) is 0 Å². The number of hydrogen-bond donors (Lipinski definition) is 1. The second kappa shape index (κ2) is 6.57. The van der Waals surface area contributed by atoms with E-state index in [9.17, 15) is 13.6 Å². The molecule has 1 N–H and O–H groups in total.